The van der Waals surface area contributed by atoms with Gasteiger partial charge in [-0.1, -0.05) is 12.1 Å². The molecule has 0 spiro atoms. The van der Waals surface area contributed by atoms with Gasteiger partial charge in [-0.15, -0.1) is 0 Å². The van der Waals surface area contributed by atoms with Gasteiger partial charge in [0.15, 0.2) is 0 Å². The average Bonchev–Trinajstić information content (AvgIpc) is 2.70. The van der Waals surface area contributed by atoms with Crippen LogP contribution in [0, 0.1) is 11.7 Å². The van der Waals surface area contributed by atoms with Gasteiger partial charge in [0.2, 0.25) is 5.91 Å². The molecule has 1 unspecified atom stereocenters. The van der Waals surface area contributed by atoms with Crippen LogP contribution in [0.5, 0.6) is 0 Å². The number of halogens is 1. The first-order valence-electron chi connectivity index (χ1n) is 5.46. The molecule has 1 fully saturated rings. The fraction of sp³-hybridized carbons (Fsp3) is 0.417. The van der Waals surface area contributed by atoms with Gasteiger partial charge in [0.05, 0.1) is 12.3 Å². The molecule has 1 atom stereocenters. The number of nitrogens with zero attached hydrogens (tertiary/aromatic N) is 1. The predicted octanol–water partition coefficient (Wildman–Crippen LogP) is 1.60. The molecule has 1 aliphatic heterocycles. The topological polar surface area (TPSA) is 40.5 Å². The smallest absolute Gasteiger partial charge is 0.227 e. The van der Waals surface area contributed by atoms with Crippen molar-refractivity contribution in [3.63, 3.8) is 0 Å². The minimum Gasteiger partial charge on any atom is -0.392 e. The quantitative estimate of drug-likeness (QED) is 0.805. The Kier molecular flexibility index (Phi) is 3.69. The van der Waals surface area contributed by atoms with Crippen molar-refractivity contribution in [1.82, 2.24) is 0 Å². The number of carbonyl (C=O) groups excluding carboxylic acids is 1. The lowest BCUT2D eigenvalue weighted by Gasteiger charge is -2.20. The van der Waals surface area contributed by atoms with Crippen LogP contribution >= 0.6 is 12.6 Å². The van der Waals surface area contributed by atoms with E-state index in [0.29, 0.717) is 24.3 Å². The normalized spacial score (nSPS) is 20.1. The number of hydrogen-bond acceptors (Lipinski definition) is 3. The van der Waals surface area contributed by atoms with E-state index in [-0.39, 0.29) is 24.1 Å². The first-order valence-corrected chi connectivity index (χ1v) is 6.10. The molecule has 1 heterocycles. The van der Waals surface area contributed by atoms with Crippen molar-refractivity contribution in [3.8, 4) is 0 Å². The lowest BCUT2D eigenvalue weighted by molar-refractivity contribution is -0.117. The largest absolute Gasteiger partial charge is 0.392 e. The lowest BCUT2D eigenvalue weighted by atomic mass is 10.1. The van der Waals surface area contributed by atoms with Crippen LogP contribution in [0.25, 0.3) is 0 Å². The van der Waals surface area contributed by atoms with Crippen LogP contribution in [-0.4, -0.2) is 23.3 Å². The van der Waals surface area contributed by atoms with E-state index in [0.717, 1.165) is 0 Å². The number of hydrogen-bond donors (Lipinski definition) is 2. The van der Waals surface area contributed by atoms with Crippen molar-refractivity contribution in [2.24, 2.45) is 5.92 Å². The third kappa shape index (κ3) is 2.30. The molecule has 0 aliphatic carbocycles. The van der Waals surface area contributed by atoms with Crippen molar-refractivity contribution in [2.45, 2.75) is 13.0 Å². The maximum atomic E-state index is 13.8. The minimum absolute atomic E-state index is 0.108. The Labute approximate surface area is 105 Å². The number of carbonyl (C=O) groups is 1. The zero-order valence-electron chi connectivity index (χ0n) is 9.27. The summed E-state index contributed by atoms with van der Waals surface area (Å²) in [5, 5.41) is 9.19. The van der Waals surface area contributed by atoms with Crippen molar-refractivity contribution in [3.05, 3.63) is 29.6 Å². The molecule has 1 aromatic carbocycles. The fourth-order valence-electron chi connectivity index (χ4n) is 2.11. The van der Waals surface area contributed by atoms with E-state index < -0.39 is 5.82 Å². The molecule has 0 radical (unpaired) electrons. The molecule has 0 bridgehead atoms. The predicted molar refractivity (Wildman–Crippen MR) is 66.6 cm³/mol. The van der Waals surface area contributed by atoms with Gasteiger partial charge in [-0.2, -0.15) is 12.6 Å². The van der Waals surface area contributed by atoms with Crippen LogP contribution in [0.2, 0.25) is 0 Å². The second-order valence-corrected chi connectivity index (χ2v) is 4.53. The molecule has 1 saturated heterocycles. The Hall–Kier alpha value is -1.07. The van der Waals surface area contributed by atoms with Gasteiger partial charge in [0, 0.05) is 18.5 Å². The van der Waals surface area contributed by atoms with Crippen molar-refractivity contribution in [2.75, 3.05) is 17.2 Å². The van der Waals surface area contributed by atoms with Crippen molar-refractivity contribution in [1.29, 1.82) is 0 Å². The van der Waals surface area contributed by atoms with Crippen LogP contribution in [0.4, 0.5) is 10.1 Å². The highest BCUT2D eigenvalue weighted by atomic mass is 32.1. The van der Waals surface area contributed by atoms with Gasteiger partial charge in [0.25, 0.3) is 0 Å². The summed E-state index contributed by atoms with van der Waals surface area (Å²) in [4.78, 5) is 13.2. The summed E-state index contributed by atoms with van der Waals surface area (Å²) in [6.45, 7) is 0.193. The third-order valence-corrected chi connectivity index (χ3v) is 3.49. The summed E-state index contributed by atoms with van der Waals surface area (Å²) in [7, 11) is 0. The summed E-state index contributed by atoms with van der Waals surface area (Å²) in [5.74, 6) is 0.177. The Bertz CT molecular complexity index is 439. The molecular weight excluding hydrogens is 241 g/mol. The molecule has 0 saturated carbocycles. The fourth-order valence-corrected chi connectivity index (χ4v) is 2.35. The van der Waals surface area contributed by atoms with E-state index in [1.807, 2.05) is 0 Å². The molecule has 2 rings (SSSR count). The molecular formula is C12H14FNO2S. The highest BCUT2D eigenvalue weighted by Crippen LogP contribution is 2.31. The Morgan fingerprint density at radius 2 is 2.29 bits per heavy atom. The number of rotatable bonds is 3. The van der Waals surface area contributed by atoms with E-state index in [1.54, 1.807) is 6.07 Å². The molecule has 1 aliphatic rings. The molecule has 92 valence electrons. The van der Waals surface area contributed by atoms with Crippen LogP contribution in [0.15, 0.2) is 18.2 Å². The highest BCUT2D eigenvalue weighted by Gasteiger charge is 2.32. The number of para-hydroxylation sites is 1. The molecule has 3 nitrogen and oxygen atoms in total. The first kappa shape index (κ1) is 12.4. The van der Waals surface area contributed by atoms with Gasteiger partial charge >= 0.3 is 0 Å². The Morgan fingerprint density at radius 3 is 2.88 bits per heavy atom. The van der Waals surface area contributed by atoms with E-state index in [2.05, 4.69) is 12.6 Å². The second kappa shape index (κ2) is 5.06. The van der Waals surface area contributed by atoms with E-state index >= 15 is 0 Å². The SMILES string of the molecule is O=C1CC(CS)CN1c1c(F)cccc1CO. The monoisotopic (exact) mass is 255 g/mol. The molecule has 1 aromatic rings. The Morgan fingerprint density at radius 1 is 1.53 bits per heavy atom. The summed E-state index contributed by atoms with van der Waals surface area (Å²) in [6.07, 6.45) is 0.392. The number of benzene rings is 1. The maximum Gasteiger partial charge on any atom is 0.227 e. The van der Waals surface area contributed by atoms with E-state index in [9.17, 15) is 14.3 Å². The summed E-state index contributed by atoms with van der Waals surface area (Å²) in [6, 6.07) is 4.45. The number of amides is 1. The summed E-state index contributed by atoms with van der Waals surface area (Å²) >= 11 is 4.16. The number of aliphatic hydroxyl groups is 1. The molecule has 1 amide bonds. The number of aliphatic hydroxyl groups excluding tert-OH is 1. The van der Waals surface area contributed by atoms with Gasteiger partial charge in [-0.25, -0.2) is 4.39 Å². The van der Waals surface area contributed by atoms with Gasteiger partial charge < -0.3 is 10.0 Å². The first-order chi connectivity index (χ1) is 8.17. The third-order valence-electron chi connectivity index (χ3n) is 2.97. The minimum atomic E-state index is -0.468. The molecule has 17 heavy (non-hydrogen) atoms. The number of thiol groups is 1. The Balaban J connectivity index is 2.37. The van der Waals surface area contributed by atoms with Crippen molar-refractivity contribution >= 4 is 24.2 Å². The van der Waals surface area contributed by atoms with Gasteiger partial charge in [-0.3, -0.25) is 4.79 Å². The number of anilines is 1. The standard InChI is InChI=1S/C12H14FNO2S/c13-10-3-1-2-9(6-15)12(10)14-5-8(7-17)4-11(14)16/h1-3,8,15,17H,4-7H2. The van der Waals surface area contributed by atoms with Crippen molar-refractivity contribution < 1.29 is 14.3 Å². The summed E-state index contributed by atoms with van der Waals surface area (Å²) < 4.78 is 13.8. The van der Waals surface area contributed by atoms with Crippen LogP contribution in [-0.2, 0) is 11.4 Å². The van der Waals surface area contributed by atoms with E-state index in [1.165, 1.54) is 17.0 Å². The highest BCUT2D eigenvalue weighted by molar-refractivity contribution is 7.80. The molecule has 5 heteroatoms. The van der Waals surface area contributed by atoms with Crippen LogP contribution < -0.4 is 4.90 Å². The van der Waals surface area contributed by atoms with Crippen LogP contribution in [0.1, 0.15) is 12.0 Å². The van der Waals surface area contributed by atoms with Gasteiger partial charge in [0.1, 0.15) is 5.82 Å². The van der Waals surface area contributed by atoms with Gasteiger partial charge in [-0.05, 0) is 17.7 Å². The summed E-state index contributed by atoms with van der Waals surface area (Å²) in [5.41, 5.74) is 0.655. The molecule has 0 aromatic heterocycles. The zero-order chi connectivity index (χ0) is 12.4. The average molecular weight is 255 g/mol. The molecule has 1 N–H and O–H groups in total. The van der Waals surface area contributed by atoms with E-state index in [4.69, 9.17) is 0 Å². The zero-order valence-corrected chi connectivity index (χ0v) is 10.2. The van der Waals surface area contributed by atoms with Crippen LogP contribution in [0.3, 0.4) is 0 Å². The maximum absolute atomic E-state index is 13.8. The lowest BCUT2D eigenvalue weighted by Crippen LogP contribution is -2.27. The second-order valence-electron chi connectivity index (χ2n) is 4.16.